The summed E-state index contributed by atoms with van der Waals surface area (Å²) in [6, 6.07) is 0. The highest BCUT2D eigenvalue weighted by Gasteiger charge is 2.17. The van der Waals surface area contributed by atoms with Crippen molar-refractivity contribution in [2.24, 2.45) is 0 Å². The van der Waals surface area contributed by atoms with E-state index in [1.807, 2.05) is 0 Å². The zero-order valence-corrected chi connectivity index (χ0v) is 12.9. The maximum atomic E-state index is 12.6. The molecule has 0 saturated heterocycles. The summed E-state index contributed by atoms with van der Waals surface area (Å²) in [5, 5.41) is 10.6. The number of nitrogens with zero attached hydrogens (tertiary/aromatic N) is 4. The Bertz CT molecular complexity index is 466. The van der Waals surface area contributed by atoms with E-state index in [9.17, 15) is 14.5 Å². The molecule has 0 N–H and O–H groups in total. The van der Waals surface area contributed by atoms with E-state index in [1.165, 1.54) is 11.3 Å². The number of alkyl halides is 1. The second-order valence-electron chi connectivity index (χ2n) is 3.86. The molecule has 0 saturated carbocycles. The average Bonchev–Trinajstić information content (AvgIpc) is 2.71. The summed E-state index contributed by atoms with van der Waals surface area (Å²) in [5.41, 5.74) is 0. The van der Waals surface area contributed by atoms with Gasteiger partial charge < -0.3 is 9.80 Å². The second-order valence-corrected chi connectivity index (χ2v) is 6.25. The summed E-state index contributed by atoms with van der Waals surface area (Å²) in [5.74, 6) is 0.354. The number of hydrogen-bond acceptors (Lipinski definition) is 6. The number of rotatable bonds is 7. The van der Waals surface area contributed by atoms with Crippen LogP contribution in [0.15, 0.2) is 22.1 Å². The fraction of sp³-hybridized carbons (Fsp3) is 0.500. The molecule has 0 bridgehead atoms. The van der Waals surface area contributed by atoms with Gasteiger partial charge in [-0.15, -0.1) is 11.3 Å². The smallest absolute Gasteiger partial charge is 0.274 e. The van der Waals surface area contributed by atoms with E-state index in [0.717, 1.165) is 15.0 Å². The van der Waals surface area contributed by atoms with E-state index in [-0.39, 0.29) is 6.54 Å². The molecule has 1 aromatic rings. The Labute approximate surface area is 122 Å². The van der Waals surface area contributed by atoms with Gasteiger partial charge in [0, 0.05) is 31.7 Å². The molecule has 0 spiro atoms. The lowest BCUT2D eigenvalue weighted by Crippen LogP contribution is -2.33. The number of thiazole rings is 1. The Morgan fingerprint density at radius 2 is 2.37 bits per heavy atom. The van der Waals surface area contributed by atoms with Crippen LogP contribution >= 0.6 is 27.3 Å². The van der Waals surface area contributed by atoms with Crippen molar-refractivity contribution in [2.75, 3.05) is 27.3 Å². The number of aromatic nitrogens is 1. The third kappa shape index (κ3) is 5.11. The summed E-state index contributed by atoms with van der Waals surface area (Å²) in [4.78, 5) is 18.3. The highest BCUT2D eigenvalue weighted by Crippen LogP contribution is 2.22. The van der Waals surface area contributed by atoms with Crippen molar-refractivity contribution in [3.8, 4) is 0 Å². The molecule has 1 heterocycles. The quantitative estimate of drug-likeness (QED) is 0.556. The van der Waals surface area contributed by atoms with Crippen molar-refractivity contribution in [1.29, 1.82) is 0 Å². The topological polar surface area (TPSA) is 62.5 Å². The highest BCUT2D eigenvalue weighted by molar-refractivity contribution is 9.11. The third-order valence-corrected chi connectivity index (χ3v) is 3.69. The second kappa shape index (κ2) is 7.39. The van der Waals surface area contributed by atoms with Gasteiger partial charge in [-0.2, -0.15) is 0 Å². The van der Waals surface area contributed by atoms with E-state index in [0.29, 0.717) is 12.4 Å². The SMILES string of the molecule is CN(C)C(=C[N+](=O)[O-])N(CCF)Cc1cnc(Br)s1. The molecule has 1 rings (SSSR count). The summed E-state index contributed by atoms with van der Waals surface area (Å²) in [6.07, 6.45) is 2.55. The van der Waals surface area contributed by atoms with Crippen LogP contribution < -0.4 is 0 Å². The molecule has 19 heavy (non-hydrogen) atoms. The first-order chi connectivity index (χ1) is 8.93. The monoisotopic (exact) mass is 352 g/mol. The van der Waals surface area contributed by atoms with Gasteiger partial charge in [0.1, 0.15) is 6.67 Å². The zero-order chi connectivity index (χ0) is 14.4. The minimum atomic E-state index is -0.580. The predicted molar refractivity (Wildman–Crippen MR) is 75.0 cm³/mol. The van der Waals surface area contributed by atoms with Crippen molar-refractivity contribution in [3.63, 3.8) is 0 Å². The molecule has 106 valence electrons. The van der Waals surface area contributed by atoms with Crippen LogP contribution in [0.5, 0.6) is 0 Å². The molecule has 0 aliphatic rings. The van der Waals surface area contributed by atoms with Crippen molar-refractivity contribution in [2.45, 2.75) is 6.54 Å². The molecule has 0 aliphatic heterocycles. The van der Waals surface area contributed by atoms with Crippen LogP contribution in [0.3, 0.4) is 0 Å². The Morgan fingerprint density at radius 3 is 2.79 bits per heavy atom. The van der Waals surface area contributed by atoms with Gasteiger partial charge in [0.05, 0.1) is 11.5 Å². The van der Waals surface area contributed by atoms with Crippen molar-refractivity contribution >= 4 is 27.3 Å². The van der Waals surface area contributed by atoms with E-state index in [4.69, 9.17) is 0 Å². The summed E-state index contributed by atoms with van der Waals surface area (Å²) >= 11 is 4.66. The van der Waals surface area contributed by atoms with Gasteiger partial charge in [0.2, 0.25) is 0 Å². The molecule has 0 aliphatic carbocycles. The fourth-order valence-corrected chi connectivity index (χ4v) is 2.87. The minimum Gasteiger partial charge on any atom is -0.359 e. The lowest BCUT2D eigenvalue weighted by atomic mass is 10.4. The fourth-order valence-electron chi connectivity index (χ4n) is 1.50. The van der Waals surface area contributed by atoms with Crippen LogP contribution in [0.2, 0.25) is 0 Å². The predicted octanol–water partition coefficient (Wildman–Crippen LogP) is 2.31. The largest absolute Gasteiger partial charge is 0.359 e. The van der Waals surface area contributed by atoms with Gasteiger partial charge >= 0.3 is 0 Å². The van der Waals surface area contributed by atoms with Gasteiger partial charge in [-0.25, -0.2) is 9.37 Å². The van der Waals surface area contributed by atoms with Crippen molar-refractivity contribution in [1.82, 2.24) is 14.8 Å². The van der Waals surface area contributed by atoms with E-state index >= 15 is 0 Å². The first-order valence-corrected chi connectivity index (χ1v) is 6.98. The normalized spacial score (nSPS) is 11.5. The summed E-state index contributed by atoms with van der Waals surface area (Å²) < 4.78 is 13.4. The van der Waals surface area contributed by atoms with Crippen LogP contribution in [-0.2, 0) is 6.54 Å². The Hall–Kier alpha value is -1.22. The molecule has 0 radical (unpaired) electrons. The maximum Gasteiger partial charge on any atom is 0.274 e. The number of nitro groups is 1. The Balaban J connectivity index is 2.93. The van der Waals surface area contributed by atoms with E-state index < -0.39 is 11.6 Å². The molecule has 0 fully saturated rings. The Kier molecular flexibility index (Phi) is 6.16. The van der Waals surface area contributed by atoms with E-state index in [2.05, 4.69) is 20.9 Å². The molecule has 0 atom stereocenters. The molecular weight excluding hydrogens is 339 g/mol. The summed E-state index contributed by atoms with van der Waals surface area (Å²) in [6.45, 7) is -0.110. The Morgan fingerprint density at radius 1 is 1.68 bits per heavy atom. The van der Waals surface area contributed by atoms with Crippen LogP contribution in [-0.4, -0.2) is 47.0 Å². The molecular formula is C10H14BrFN4O2S. The molecule has 0 unspecified atom stereocenters. The molecule has 0 amide bonds. The van der Waals surface area contributed by atoms with Gasteiger partial charge in [-0.1, -0.05) is 0 Å². The highest BCUT2D eigenvalue weighted by atomic mass is 79.9. The van der Waals surface area contributed by atoms with Gasteiger partial charge in [0.15, 0.2) is 9.74 Å². The van der Waals surface area contributed by atoms with Crippen molar-refractivity contribution < 1.29 is 9.31 Å². The maximum absolute atomic E-state index is 12.6. The van der Waals surface area contributed by atoms with Gasteiger partial charge in [-0.05, 0) is 15.9 Å². The first kappa shape index (κ1) is 15.8. The van der Waals surface area contributed by atoms with Crippen LogP contribution in [0, 0.1) is 10.1 Å². The molecule has 1 aromatic heterocycles. The molecule has 6 nitrogen and oxygen atoms in total. The minimum absolute atomic E-state index is 0.0906. The molecule has 9 heteroatoms. The average molecular weight is 353 g/mol. The van der Waals surface area contributed by atoms with Crippen LogP contribution in [0.4, 0.5) is 4.39 Å². The number of hydrogen-bond donors (Lipinski definition) is 0. The zero-order valence-electron chi connectivity index (χ0n) is 10.5. The lowest BCUT2D eigenvalue weighted by Gasteiger charge is -2.28. The van der Waals surface area contributed by atoms with Crippen molar-refractivity contribution in [3.05, 3.63) is 37.1 Å². The third-order valence-electron chi connectivity index (χ3n) is 2.23. The first-order valence-electron chi connectivity index (χ1n) is 5.37. The summed E-state index contributed by atoms with van der Waals surface area (Å²) in [7, 11) is 3.37. The van der Waals surface area contributed by atoms with E-state index in [1.54, 1.807) is 30.1 Å². The van der Waals surface area contributed by atoms with Gasteiger partial charge in [-0.3, -0.25) is 10.1 Å². The standard InChI is InChI=1S/C10H14BrFN4O2S/c1-14(2)9(7-16(17)18)15(4-3-12)6-8-5-13-10(11)19-8/h5,7H,3-4,6H2,1-2H3. The van der Waals surface area contributed by atoms with Crippen LogP contribution in [0.1, 0.15) is 4.88 Å². The lowest BCUT2D eigenvalue weighted by molar-refractivity contribution is -0.405. The number of halogens is 2. The van der Waals surface area contributed by atoms with Gasteiger partial charge in [0.25, 0.3) is 6.20 Å². The van der Waals surface area contributed by atoms with Crippen LogP contribution in [0.25, 0.3) is 0 Å². The molecule has 0 aromatic carbocycles.